The molecule has 1 aromatic heterocycles. The molecule has 0 saturated carbocycles. The number of carbonyl (C=O) groups excluding carboxylic acids is 3. The fourth-order valence-electron chi connectivity index (χ4n) is 3.82. The number of pyridine rings is 1. The summed E-state index contributed by atoms with van der Waals surface area (Å²) in [4.78, 5) is 45.5. The monoisotopic (exact) mass is 469 g/mol. The third-order valence-electron chi connectivity index (χ3n) is 5.63. The highest BCUT2D eigenvalue weighted by Gasteiger charge is 2.40. The van der Waals surface area contributed by atoms with Gasteiger partial charge in [-0.25, -0.2) is 9.78 Å². The van der Waals surface area contributed by atoms with Gasteiger partial charge in [-0.15, -0.1) is 0 Å². The van der Waals surface area contributed by atoms with Gasteiger partial charge in [0.2, 0.25) is 5.91 Å². The summed E-state index contributed by atoms with van der Waals surface area (Å²) >= 11 is 5.84. The molecule has 2 aliphatic heterocycles. The fraction of sp³-hybridized carbons (Fsp3) is 0.304. The van der Waals surface area contributed by atoms with Gasteiger partial charge in [-0.2, -0.15) is 0 Å². The zero-order valence-corrected chi connectivity index (χ0v) is 18.8. The van der Waals surface area contributed by atoms with Crippen LogP contribution < -0.4 is 10.6 Å². The number of benzene rings is 1. The molecule has 2 atom stereocenters. The Balaban J connectivity index is 1.41. The highest BCUT2D eigenvalue weighted by atomic mass is 35.5. The van der Waals surface area contributed by atoms with Crippen molar-refractivity contribution in [1.29, 1.82) is 0 Å². The largest absolute Gasteiger partial charge is 0.380 e. The highest BCUT2D eigenvalue weighted by Crippen LogP contribution is 2.23. The first-order valence-corrected chi connectivity index (χ1v) is 10.9. The van der Waals surface area contributed by atoms with E-state index in [0.29, 0.717) is 41.6 Å². The van der Waals surface area contributed by atoms with Crippen LogP contribution in [0, 0.1) is 0 Å². The normalized spacial score (nSPS) is 19.6. The molecule has 2 aromatic rings. The Bertz CT molecular complexity index is 1050. The summed E-state index contributed by atoms with van der Waals surface area (Å²) in [5, 5.41) is 5.97. The Hall–Kier alpha value is -3.43. The molecule has 0 bridgehead atoms. The Morgan fingerprint density at radius 2 is 1.79 bits per heavy atom. The minimum absolute atomic E-state index is 0.0599. The molecule has 9 nitrogen and oxygen atoms in total. The van der Waals surface area contributed by atoms with E-state index in [9.17, 15) is 14.4 Å². The second kappa shape index (κ2) is 10.0. The lowest BCUT2D eigenvalue weighted by Gasteiger charge is -2.24. The number of halogens is 1. The van der Waals surface area contributed by atoms with Gasteiger partial charge in [-0.3, -0.25) is 14.9 Å². The molecule has 2 N–H and O–H groups in total. The lowest BCUT2D eigenvalue weighted by atomic mass is 10.1. The third-order valence-corrected chi connectivity index (χ3v) is 5.85. The highest BCUT2D eigenvalue weighted by molar-refractivity contribution is 6.30. The number of carbonyl (C=O) groups is 3. The van der Waals surface area contributed by atoms with E-state index in [0.717, 1.165) is 0 Å². The quantitative estimate of drug-likeness (QED) is 0.655. The number of nitrogens with one attached hydrogen (secondary N) is 2. The summed E-state index contributed by atoms with van der Waals surface area (Å²) in [7, 11) is 1.55. The number of rotatable bonds is 5. The fourth-order valence-corrected chi connectivity index (χ4v) is 3.93. The zero-order chi connectivity index (χ0) is 23.4. The van der Waals surface area contributed by atoms with Gasteiger partial charge in [0.25, 0.3) is 5.91 Å². The first-order valence-electron chi connectivity index (χ1n) is 10.5. The van der Waals surface area contributed by atoms with Gasteiger partial charge >= 0.3 is 6.03 Å². The summed E-state index contributed by atoms with van der Waals surface area (Å²) in [6.07, 6.45) is 5.43. The first kappa shape index (κ1) is 22.8. The van der Waals surface area contributed by atoms with Gasteiger partial charge in [0.05, 0.1) is 11.1 Å². The summed E-state index contributed by atoms with van der Waals surface area (Å²) in [5.74, 6) is -0.0651. The van der Waals surface area contributed by atoms with E-state index >= 15 is 0 Å². The maximum atomic E-state index is 13.0. The Morgan fingerprint density at radius 1 is 1.06 bits per heavy atom. The molecule has 0 unspecified atom stereocenters. The van der Waals surface area contributed by atoms with Crippen LogP contribution in [0.5, 0.6) is 0 Å². The molecule has 33 heavy (non-hydrogen) atoms. The number of hydrogen-bond acceptors (Lipinski definition) is 5. The van der Waals surface area contributed by atoms with Crippen molar-refractivity contribution in [3.63, 3.8) is 0 Å². The van der Waals surface area contributed by atoms with Crippen molar-refractivity contribution in [2.24, 2.45) is 0 Å². The lowest BCUT2D eigenvalue weighted by molar-refractivity contribution is -0.119. The van der Waals surface area contributed by atoms with E-state index < -0.39 is 12.1 Å². The molecule has 0 spiro atoms. The van der Waals surface area contributed by atoms with Crippen LogP contribution in [0.15, 0.2) is 54.7 Å². The van der Waals surface area contributed by atoms with Crippen molar-refractivity contribution >= 4 is 41.0 Å². The number of amides is 4. The van der Waals surface area contributed by atoms with Gasteiger partial charge in [-0.1, -0.05) is 23.8 Å². The predicted molar refractivity (Wildman–Crippen MR) is 124 cm³/mol. The van der Waals surface area contributed by atoms with Crippen molar-refractivity contribution in [3.8, 4) is 0 Å². The van der Waals surface area contributed by atoms with Crippen molar-refractivity contribution in [2.45, 2.75) is 18.6 Å². The lowest BCUT2D eigenvalue weighted by Crippen LogP contribution is -2.45. The SMILES string of the molecule is CO[C@@H]1C[C@H](C(=O)Nc2ccc(C(=O)N3CC=CC3)cc2)N(C(=O)Nc2ccc(Cl)cn2)C1. The average molecular weight is 470 g/mol. The van der Waals surface area contributed by atoms with E-state index in [4.69, 9.17) is 16.3 Å². The number of anilines is 2. The molecule has 1 saturated heterocycles. The minimum atomic E-state index is -0.723. The molecule has 2 aliphatic rings. The Morgan fingerprint density at radius 3 is 2.42 bits per heavy atom. The maximum Gasteiger partial charge on any atom is 0.323 e. The molecular weight excluding hydrogens is 446 g/mol. The maximum absolute atomic E-state index is 13.0. The Labute approximate surface area is 196 Å². The smallest absolute Gasteiger partial charge is 0.323 e. The van der Waals surface area contributed by atoms with E-state index in [-0.39, 0.29) is 24.5 Å². The first-order chi connectivity index (χ1) is 15.9. The summed E-state index contributed by atoms with van der Waals surface area (Å²) in [5.41, 5.74) is 1.09. The van der Waals surface area contributed by atoms with E-state index in [1.54, 1.807) is 48.4 Å². The molecule has 3 heterocycles. The van der Waals surface area contributed by atoms with E-state index in [1.807, 2.05) is 12.2 Å². The summed E-state index contributed by atoms with van der Waals surface area (Å²) in [6.45, 7) is 1.47. The minimum Gasteiger partial charge on any atom is -0.380 e. The zero-order valence-electron chi connectivity index (χ0n) is 18.0. The standard InChI is InChI=1S/C23H24ClN5O4/c1-33-18-12-19(29(14-18)23(32)27-20-9-6-16(24)13-25-20)21(30)26-17-7-4-15(5-8-17)22(31)28-10-2-3-11-28/h2-9,13,18-19H,10-12,14H2,1H3,(H,26,30)(H,25,27,32)/t18-,19-/m1/s1. The second-order valence-electron chi connectivity index (χ2n) is 7.80. The Kier molecular flexibility index (Phi) is 6.90. The number of hydrogen-bond donors (Lipinski definition) is 2. The van der Waals surface area contributed by atoms with Crippen molar-refractivity contribution in [2.75, 3.05) is 37.4 Å². The van der Waals surface area contributed by atoms with Crippen molar-refractivity contribution < 1.29 is 19.1 Å². The molecule has 0 aliphatic carbocycles. The summed E-state index contributed by atoms with van der Waals surface area (Å²) < 4.78 is 5.40. The summed E-state index contributed by atoms with van der Waals surface area (Å²) in [6, 6.07) is 8.74. The number of methoxy groups -OCH3 is 1. The van der Waals surface area contributed by atoms with Gasteiger partial charge in [0.15, 0.2) is 0 Å². The van der Waals surface area contributed by atoms with Gasteiger partial charge < -0.3 is 19.9 Å². The molecule has 1 aromatic carbocycles. The molecule has 10 heteroatoms. The third kappa shape index (κ3) is 5.32. The van der Waals surface area contributed by atoms with Crippen LogP contribution in [0.2, 0.25) is 5.02 Å². The number of likely N-dealkylation sites (tertiary alicyclic amines) is 1. The van der Waals surface area contributed by atoms with Crippen LogP contribution >= 0.6 is 11.6 Å². The average Bonchev–Trinajstić information content (AvgIpc) is 3.51. The van der Waals surface area contributed by atoms with Crippen LogP contribution in [0.25, 0.3) is 0 Å². The van der Waals surface area contributed by atoms with Crippen LogP contribution in [-0.2, 0) is 9.53 Å². The van der Waals surface area contributed by atoms with Crippen LogP contribution in [0.1, 0.15) is 16.8 Å². The van der Waals surface area contributed by atoms with Crippen LogP contribution in [-0.4, -0.2) is 71.5 Å². The van der Waals surface area contributed by atoms with Crippen LogP contribution in [0.4, 0.5) is 16.3 Å². The number of nitrogens with zero attached hydrogens (tertiary/aromatic N) is 3. The van der Waals surface area contributed by atoms with E-state index in [1.165, 1.54) is 11.1 Å². The molecule has 4 rings (SSSR count). The van der Waals surface area contributed by atoms with Crippen molar-refractivity contribution in [1.82, 2.24) is 14.8 Å². The number of urea groups is 1. The topological polar surface area (TPSA) is 104 Å². The van der Waals surface area contributed by atoms with Gasteiger partial charge in [0, 0.05) is 50.6 Å². The van der Waals surface area contributed by atoms with Gasteiger partial charge in [-0.05, 0) is 36.4 Å². The molecule has 4 amide bonds. The van der Waals surface area contributed by atoms with Crippen LogP contribution in [0.3, 0.4) is 0 Å². The number of aromatic nitrogens is 1. The molecule has 172 valence electrons. The second-order valence-corrected chi connectivity index (χ2v) is 8.24. The van der Waals surface area contributed by atoms with Crippen molar-refractivity contribution in [3.05, 3.63) is 65.3 Å². The predicted octanol–water partition coefficient (Wildman–Crippen LogP) is 3.01. The van der Waals surface area contributed by atoms with Gasteiger partial charge in [0.1, 0.15) is 11.9 Å². The van der Waals surface area contributed by atoms with E-state index in [2.05, 4.69) is 15.6 Å². The molecule has 0 radical (unpaired) electrons. The number of ether oxygens (including phenoxy) is 1. The molecule has 1 fully saturated rings. The molecular formula is C23H24ClN5O4.